The topological polar surface area (TPSA) is 86.1 Å². The predicted molar refractivity (Wildman–Crippen MR) is 104 cm³/mol. The molecule has 9 heteroatoms. The van der Waals surface area contributed by atoms with Gasteiger partial charge in [0.1, 0.15) is 10.8 Å². The maximum Gasteiger partial charge on any atom is 0.340 e. The third kappa shape index (κ3) is 4.85. The van der Waals surface area contributed by atoms with E-state index in [4.69, 9.17) is 4.74 Å². The van der Waals surface area contributed by atoms with E-state index in [1.54, 1.807) is 6.07 Å². The van der Waals surface area contributed by atoms with Crippen LogP contribution in [0, 0.1) is 0 Å². The Morgan fingerprint density at radius 3 is 2.65 bits per heavy atom. The first-order valence-corrected chi connectivity index (χ1v) is 10.4. The Balaban J connectivity index is 2.05. The minimum atomic E-state index is -0.445. The summed E-state index contributed by atoms with van der Waals surface area (Å²) in [6.07, 6.45) is 2.57. The van der Waals surface area contributed by atoms with E-state index in [2.05, 4.69) is 27.0 Å². The van der Waals surface area contributed by atoms with Crippen LogP contribution in [0.2, 0.25) is 0 Å². The van der Waals surface area contributed by atoms with Gasteiger partial charge in [-0.3, -0.25) is 4.79 Å². The maximum absolute atomic E-state index is 12.4. The molecule has 1 N–H and O–H groups in total. The molecule has 0 fully saturated rings. The van der Waals surface area contributed by atoms with Crippen LogP contribution in [-0.2, 0) is 28.9 Å². The Morgan fingerprint density at radius 1 is 1.27 bits per heavy atom. The Hall–Kier alpha value is -1.87. The van der Waals surface area contributed by atoms with Gasteiger partial charge in [0.05, 0.1) is 18.4 Å². The number of carbonyl (C=O) groups is 2. The summed E-state index contributed by atoms with van der Waals surface area (Å²) in [6, 6.07) is 1.77. The van der Waals surface area contributed by atoms with E-state index in [-0.39, 0.29) is 11.7 Å². The van der Waals surface area contributed by atoms with Crippen LogP contribution in [0.4, 0.5) is 5.00 Å². The summed E-state index contributed by atoms with van der Waals surface area (Å²) in [7, 11) is 1.33. The van der Waals surface area contributed by atoms with Gasteiger partial charge in [0.25, 0.3) is 0 Å². The highest BCUT2D eigenvalue weighted by atomic mass is 32.2. The van der Waals surface area contributed by atoms with Crippen molar-refractivity contribution in [2.24, 2.45) is 0 Å². The zero-order valence-corrected chi connectivity index (χ0v) is 17.1. The summed E-state index contributed by atoms with van der Waals surface area (Å²) in [6.45, 7) is 6.96. The molecule has 0 aromatic carbocycles. The van der Waals surface area contributed by atoms with E-state index < -0.39 is 5.97 Å². The van der Waals surface area contributed by atoms with E-state index in [0.29, 0.717) is 10.6 Å². The molecule has 0 aliphatic rings. The lowest BCUT2D eigenvalue weighted by atomic mass is 10.2. The molecule has 26 heavy (non-hydrogen) atoms. The fourth-order valence-electron chi connectivity index (χ4n) is 2.40. The second-order valence-corrected chi connectivity index (χ2v) is 7.62. The van der Waals surface area contributed by atoms with Gasteiger partial charge in [0.2, 0.25) is 5.91 Å². The predicted octanol–water partition coefficient (Wildman–Crippen LogP) is 3.39. The number of aromatic nitrogens is 3. The monoisotopic (exact) mass is 396 g/mol. The molecule has 142 valence electrons. The number of esters is 1. The van der Waals surface area contributed by atoms with Crippen molar-refractivity contribution >= 4 is 40.0 Å². The summed E-state index contributed by atoms with van der Waals surface area (Å²) < 4.78 is 6.85. The summed E-state index contributed by atoms with van der Waals surface area (Å²) >= 11 is 2.75. The highest BCUT2D eigenvalue weighted by Gasteiger charge is 2.19. The van der Waals surface area contributed by atoms with Crippen molar-refractivity contribution in [3.05, 3.63) is 22.3 Å². The number of amides is 1. The number of hydrogen-bond acceptors (Lipinski definition) is 7. The number of thiophene rings is 1. The summed E-state index contributed by atoms with van der Waals surface area (Å²) in [5.41, 5.74) is 0.398. The van der Waals surface area contributed by atoms with Crippen molar-refractivity contribution in [1.29, 1.82) is 0 Å². The van der Waals surface area contributed by atoms with Gasteiger partial charge in [0, 0.05) is 17.8 Å². The van der Waals surface area contributed by atoms with Gasteiger partial charge in [-0.2, -0.15) is 0 Å². The molecule has 0 saturated heterocycles. The molecule has 0 spiro atoms. The largest absolute Gasteiger partial charge is 0.465 e. The van der Waals surface area contributed by atoms with Crippen LogP contribution in [0.5, 0.6) is 0 Å². The van der Waals surface area contributed by atoms with Gasteiger partial charge in [-0.05, 0) is 18.9 Å². The van der Waals surface area contributed by atoms with Crippen molar-refractivity contribution in [3.8, 4) is 0 Å². The van der Waals surface area contributed by atoms with Crippen molar-refractivity contribution in [2.75, 3.05) is 18.2 Å². The molecular formula is C17H24N4O3S2. The maximum atomic E-state index is 12.4. The fourth-order valence-corrected chi connectivity index (χ4v) is 4.18. The van der Waals surface area contributed by atoms with Gasteiger partial charge in [-0.1, -0.05) is 32.5 Å². The van der Waals surface area contributed by atoms with Crippen molar-refractivity contribution in [2.45, 2.75) is 51.7 Å². The third-order valence-electron chi connectivity index (χ3n) is 3.68. The Kier molecular flexibility index (Phi) is 7.65. The summed E-state index contributed by atoms with van der Waals surface area (Å²) in [5.74, 6) is 0.493. The zero-order valence-electron chi connectivity index (χ0n) is 15.5. The van der Waals surface area contributed by atoms with Gasteiger partial charge < -0.3 is 14.6 Å². The smallest absolute Gasteiger partial charge is 0.340 e. The first-order valence-electron chi connectivity index (χ1n) is 8.59. The number of aryl methyl sites for hydroxylation is 2. The molecule has 2 aromatic rings. The number of hydrogen-bond donors (Lipinski definition) is 1. The van der Waals surface area contributed by atoms with Crippen LogP contribution in [0.15, 0.2) is 11.2 Å². The molecule has 0 bridgehead atoms. The van der Waals surface area contributed by atoms with E-state index in [1.807, 2.05) is 13.8 Å². The summed E-state index contributed by atoms with van der Waals surface area (Å²) in [5, 5.41) is 12.5. The molecule has 0 aliphatic heterocycles. The van der Waals surface area contributed by atoms with E-state index in [0.717, 1.165) is 41.7 Å². The number of nitrogens with one attached hydrogen (secondary N) is 1. The number of thioether (sulfide) groups is 1. The number of ether oxygens (including phenoxy) is 1. The van der Waals surface area contributed by atoms with Gasteiger partial charge in [-0.15, -0.1) is 21.5 Å². The molecule has 0 unspecified atom stereocenters. The standard InChI is InChI=1S/C17H24N4O3S2/c1-5-8-21-13(7-3)19-20-17(21)25-10-14(22)18-15-12(16(23)24-4)9-11(6-2)26-15/h9H,5-8,10H2,1-4H3,(H,18,22). The van der Waals surface area contributed by atoms with Crippen molar-refractivity contribution in [3.63, 3.8) is 0 Å². The molecule has 0 saturated carbocycles. The number of nitrogens with zero attached hydrogens (tertiary/aromatic N) is 3. The van der Waals surface area contributed by atoms with Crippen LogP contribution in [0.25, 0.3) is 0 Å². The molecule has 1 amide bonds. The Bertz CT molecular complexity index is 770. The molecule has 0 radical (unpaired) electrons. The highest BCUT2D eigenvalue weighted by Crippen LogP contribution is 2.29. The lowest BCUT2D eigenvalue weighted by molar-refractivity contribution is -0.113. The fraction of sp³-hybridized carbons (Fsp3) is 0.529. The van der Waals surface area contributed by atoms with Crippen LogP contribution >= 0.6 is 23.1 Å². The number of carbonyl (C=O) groups excluding carboxylic acids is 2. The van der Waals surface area contributed by atoms with Crippen LogP contribution in [-0.4, -0.2) is 39.5 Å². The van der Waals surface area contributed by atoms with Crippen molar-refractivity contribution in [1.82, 2.24) is 14.8 Å². The minimum Gasteiger partial charge on any atom is -0.465 e. The second kappa shape index (κ2) is 9.72. The highest BCUT2D eigenvalue weighted by molar-refractivity contribution is 7.99. The normalized spacial score (nSPS) is 10.8. The van der Waals surface area contributed by atoms with Gasteiger partial charge >= 0.3 is 5.97 Å². The van der Waals surface area contributed by atoms with Crippen LogP contribution in [0.1, 0.15) is 48.3 Å². The van der Waals surface area contributed by atoms with Crippen LogP contribution < -0.4 is 5.32 Å². The molecule has 2 rings (SSSR count). The molecule has 7 nitrogen and oxygen atoms in total. The minimum absolute atomic E-state index is 0.186. The molecular weight excluding hydrogens is 372 g/mol. The first kappa shape index (κ1) is 20.4. The molecule has 0 atom stereocenters. The average Bonchev–Trinajstić information content (AvgIpc) is 3.23. The Labute approximate surface area is 161 Å². The molecule has 2 heterocycles. The first-order chi connectivity index (χ1) is 12.5. The van der Waals surface area contributed by atoms with Crippen molar-refractivity contribution < 1.29 is 14.3 Å². The molecule has 0 aliphatic carbocycles. The number of methoxy groups -OCH3 is 1. The van der Waals surface area contributed by atoms with Gasteiger partial charge in [-0.25, -0.2) is 4.79 Å². The lowest BCUT2D eigenvalue weighted by Crippen LogP contribution is -2.16. The Morgan fingerprint density at radius 2 is 2.04 bits per heavy atom. The number of anilines is 1. The number of rotatable bonds is 9. The SMILES string of the molecule is CCCn1c(CC)nnc1SCC(=O)Nc1sc(CC)cc1C(=O)OC. The van der Waals surface area contributed by atoms with Crippen LogP contribution in [0.3, 0.4) is 0 Å². The third-order valence-corrected chi connectivity index (χ3v) is 5.84. The second-order valence-electron chi connectivity index (χ2n) is 5.54. The lowest BCUT2D eigenvalue weighted by Gasteiger charge is -2.08. The van der Waals surface area contributed by atoms with E-state index in [1.165, 1.54) is 30.2 Å². The average molecular weight is 397 g/mol. The van der Waals surface area contributed by atoms with Gasteiger partial charge in [0.15, 0.2) is 5.16 Å². The van der Waals surface area contributed by atoms with E-state index in [9.17, 15) is 9.59 Å². The zero-order chi connectivity index (χ0) is 19.1. The molecule has 2 aromatic heterocycles. The quantitative estimate of drug-likeness (QED) is 0.516. The van der Waals surface area contributed by atoms with E-state index >= 15 is 0 Å². The summed E-state index contributed by atoms with van der Waals surface area (Å²) in [4.78, 5) is 25.3.